The Hall–Kier alpha value is -2.92. The number of rotatable bonds is 5. The number of allylic oxidation sites excluding steroid dienone is 2. The van der Waals surface area contributed by atoms with Crippen LogP contribution in [-0.4, -0.2) is 84.0 Å². The van der Waals surface area contributed by atoms with Crippen molar-refractivity contribution in [3.63, 3.8) is 0 Å². The van der Waals surface area contributed by atoms with Crippen molar-refractivity contribution in [2.24, 2.45) is 17.4 Å². The van der Waals surface area contributed by atoms with E-state index in [1.807, 2.05) is 4.90 Å². The van der Waals surface area contributed by atoms with E-state index in [4.69, 9.17) is 20.9 Å². The van der Waals surface area contributed by atoms with E-state index in [1.165, 1.54) is 12.0 Å². The van der Waals surface area contributed by atoms with Crippen molar-refractivity contribution in [3.05, 3.63) is 22.5 Å². The maximum atomic E-state index is 13.5. The van der Waals surface area contributed by atoms with Gasteiger partial charge in [0.05, 0.1) is 23.4 Å². The van der Waals surface area contributed by atoms with Gasteiger partial charge in [-0.2, -0.15) is 0 Å². The molecule has 1 aliphatic carbocycles. The molecule has 11 heteroatoms. The van der Waals surface area contributed by atoms with Crippen molar-refractivity contribution in [2.45, 2.75) is 30.8 Å². The predicted octanol–water partition coefficient (Wildman–Crippen LogP) is -2.44. The Balaban J connectivity index is 1.59. The summed E-state index contributed by atoms with van der Waals surface area (Å²) in [4.78, 5) is 53.0. The topological polar surface area (TPSA) is 167 Å². The zero-order valence-corrected chi connectivity index (χ0v) is 15.9. The molecule has 154 valence electrons. The van der Waals surface area contributed by atoms with Gasteiger partial charge in [-0.25, -0.2) is 4.79 Å². The van der Waals surface area contributed by atoms with Crippen LogP contribution in [0.2, 0.25) is 0 Å². The van der Waals surface area contributed by atoms with E-state index in [0.717, 1.165) is 0 Å². The van der Waals surface area contributed by atoms with Gasteiger partial charge in [0.1, 0.15) is 12.6 Å². The lowest BCUT2D eigenvalue weighted by atomic mass is 9.82. The third-order valence-corrected chi connectivity index (χ3v) is 6.62. The Morgan fingerprint density at radius 1 is 1.21 bits per heavy atom. The third kappa shape index (κ3) is 2.14. The molecule has 0 aromatic carbocycles. The number of fused-ring (bicyclic) bond motifs is 4. The number of Topliss-reactive ketones (excluding diaryl/α,β-unsaturated/α-hetero) is 2. The fourth-order valence-electron chi connectivity index (χ4n) is 5.25. The minimum absolute atomic E-state index is 0.108. The minimum Gasteiger partial charge on any atom is -0.449 e. The van der Waals surface area contributed by atoms with Gasteiger partial charge < -0.3 is 36.1 Å². The number of ether oxygens (including phenoxy) is 2. The van der Waals surface area contributed by atoms with Crippen LogP contribution in [-0.2, 0) is 23.9 Å². The van der Waals surface area contributed by atoms with E-state index in [2.05, 4.69) is 5.32 Å². The van der Waals surface area contributed by atoms with Crippen molar-refractivity contribution in [1.82, 2.24) is 15.1 Å². The van der Waals surface area contributed by atoms with Crippen LogP contribution in [0.25, 0.3) is 0 Å². The first-order chi connectivity index (χ1) is 13.7. The molecule has 2 amide bonds. The Labute approximate surface area is 165 Å². The van der Waals surface area contributed by atoms with Gasteiger partial charge in [-0.15, -0.1) is 0 Å². The number of primary amides is 2. The number of piperazine rings is 1. The van der Waals surface area contributed by atoms with Crippen LogP contribution in [0.15, 0.2) is 22.5 Å². The molecule has 0 saturated carbocycles. The van der Waals surface area contributed by atoms with Crippen molar-refractivity contribution < 1.29 is 28.7 Å². The number of nitrogens with two attached hydrogens (primary N) is 2. The number of nitrogens with zero attached hydrogens (tertiary/aromatic N) is 2. The molecular formula is C18H21N5O6. The van der Waals surface area contributed by atoms with E-state index < -0.39 is 29.7 Å². The average Bonchev–Trinajstić information content (AvgIpc) is 3.56. The summed E-state index contributed by atoms with van der Waals surface area (Å²) in [5.41, 5.74) is 10.5. The molecule has 0 aromatic heterocycles. The highest BCUT2D eigenvalue weighted by Crippen LogP contribution is 2.56. The normalized spacial score (nSPS) is 36.9. The summed E-state index contributed by atoms with van der Waals surface area (Å²) in [5, 5.41) is 3.29. The molecule has 3 fully saturated rings. The third-order valence-electron chi connectivity index (χ3n) is 6.62. The second-order valence-corrected chi connectivity index (χ2v) is 7.96. The Kier molecular flexibility index (Phi) is 3.48. The second-order valence-electron chi connectivity index (χ2n) is 7.96. The first kappa shape index (κ1) is 18.1. The summed E-state index contributed by atoms with van der Waals surface area (Å²) in [7, 11) is 1.51. The first-order valence-corrected chi connectivity index (χ1v) is 9.35. The Bertz CT molecular complexity index is 956. The first-order valence-electron chi connectivity index (χ1n) is 9.35. The Morgan fingerprint density at radius 2 is 1.93 bits per heavy atom. The maximum absolute atomic E-state index is 13.5. The van der Waals surface area contributed by atoms with Crippen LogP contribution in [0.1, 0.15) is 6.92 Å². The van der Waals surface area contributed by atoms with Gasteiger partial charge in [0.2, 0.25) is 17.5 Å². The summed E-state index contributed by atoms with van der Waals surface area (Å²) in [6.45, 7) is 2.16. The summed E-state index contributed by atoms with van der Waals surface area (Å²) in [5.74, 6) is -1.92. The largest absolute Gasteiger partial charge is 0.449 e. The number of ketones is 2. The lowest BCUT2D eigenvalue weighted by Crippen LogP contribution is -2.55. The number of hydrogen-bond acceptors (Lipinski definition) is 9. The lowest BCUT2D eigenvalue weighted by molar-refractivity contribution is -0.137. The fraction of sp³-hybridized carbons (Fsp3) is 0.556. The molecule has 4 aliphatic heterocycles. The molecule has 5 N–H and O–H groups in total. The molecule has 2 unspecified atom stereocenters. The highest BCUT2D eigenvalue weighted by atomic mass is 16.6. The van der Waals surface area contributed by atoms with E-state index in [9.17, 15) is 19.2 Å². The molecule has 11 nitrogen and oxygen atoms in total. The van der Waals surface area contributed by atoms with Gasteiger partial charge in [-0.05, 0) is 6.92 Å². The van der Waals surface area contributed by atoms with Gasteiger partial charge in [0.15, 0.2) is 5.72 Å². The predicted molar refractivity (Wildman–Crippen MR) is 95.6 cm³/mol. The van der Waals surface area contributed by atoms with E-state index in [1.54, 1.807) is 6.92 Å². The highest BCUT2D eigenvalue weighted by Gasteiger charge is 2.73. The number of hydrogen-bond donors (Lipinski definition) is 3. The van der Waals surface area contributed by atoms with Gasteiger partial charge in [-0.1, -0.05) is 0 Å². The van der Waals surface area contributed by atoms with Gasteiger partial charge in [0, 0.05) is 37.4 Å². The molecule has 0 radical (unpaired) electrons. The standard InChI is InChI=1S/C18H21N5O6/c1-6-11(22-4-9(22)16(19)26)14(25)10-7(5-29-17(20)27)18(28-2)15-8(21-15)3-23(18)12(10)13(6)24/h7-9,15,21H,3-5H2,1-2H3,(H2,19,26)(H2,20,27)/t7-,8+,9?,15+,18?,22?/m0/s1. The number of carbonyl (C=O) groups is 4. The summed E-state index contributed by atoms with van der Waals surface area (Å²) in [6.07, 6.45) is -0.976. The van der Waals surface area contributed by atoms with Crippen molar-refractivity contribution in [2.75, 3.05) is 26.8 Å². The zero-order valence-electron chi connectivity index (χ0n) is 15.9. The summed E-state index contributed by atoms with van der Waals surface area (Å²) in [6, 6.07) is -0.588. The molecule has 0 bridgehead atoms. The number of carbonyl (C=O) groups excluding carboxylic acids is 4. The number of amides is 2. The molecular weight excluding hydrogens is 382 g/mol. The minimum atomic E-state index is -1.02. The fourth-order valence-corrected chi connectivity index (χ4v) is 5.25. The van der Waals surface area contributed by atoms with Crippen molar-refractivity contribution in [3.8, 4) is 0 Å². The summed E-state index contributed by atoms with van der Waals surface area (Å²) >= 11 is 0. The number of methoxy groups -OCH3 is 1. The molecule has 0 spiro atoms. The Morgan fingerprint density at radius 3 is 2.52 bits per heavy atom. The van der Waals surface area contributed by atoms with Crippen LogP contribution < -0.4 is 16.8 Å². The van der Waals surface area contributed by atoms with E-state index in [0.29, 0.717) is 6.54 Å². The molecule has 5 rings (SSSR count). The lowest BCUT2D eigenvalue weighted by Gasteiger charge is -2.39. The molecule has 5 atom stereocenters. The van der Waals surface area contributed by atoms with Crippen LogP contribution in [0.4, 0.5) is 4.79 Å². The molecule has 3 saturated heterocycles. The van der Waals surface area contributed by atoms with Gasteiger partial charge in [-0.3, -0.25) is 14.4 Å². The van der Waals surface area contributed by atoms with Crippen LogP contribution >= 0.6 is 0 Å². The monoisotopic (exact) mass is 403 g/mol. The number of nitrogens with one attached hydrogen (secondary N) is 1. The average molecular weight is 403 g/mol. The molecule has 29 heavy (non-hydrogen) atoms. The quantitative estimate of drug-likeness (QED) is 0.334. The SMILES string of the molecule is COC12[C@@H]3N[C@@H]3CN1C1=C(C(=O)C(N3CC3C(N)=O)=C(C)C1=O)[C@@H]2COC(N)=O. The summed E-state index contributed by atoms with van der Waals surface area (Å²) < 4.78 is 11.0. The van der Waals surface area contributed by atoms with Crippen LogP contribution in [0.5, 0.6) is 0 Å². The zero-order chi connectivity index (χ0) is 20.8. The smallest absolute Gasteiger partial charge is 0.404 e. The highest BCUT2D eigenvalue weighted by molar-refractivity contribution is 6.26. The van der Waals surface area contributed by atoms with E-state index in [-0.39, 0.29) is 59.3 Å². The van der Waals surface area contributed by atoms with Crippen LogP contribution in [0, 0.1) is 5.92 Å². The van der Waals surface area contributed by atoms with Gasteiger partial charge in [0.25, 0.3) is 0 Å². The van der Waals surface area contributed by atoms with Crippen molar-refractivity contribution >= 4 is 23.6 Å². The second kappa shape index (κ2) is 5.57. The molecule has 5 aliphatic rings. The molecule has 4 heterocycles. The maximum Gasteiger partial charge on any atom is 0.404 e. The van der Waals surface area contributed by atoms with Crippen molar-refractivity contribution in [1.29, 1.82) is 0 Å². The molecule has 0 aromatic rings. The van der Waals surface area contributed by atoms with Gasteiger partial charge >= 0.3 is 6.09 Å². The van der Waals surface area contributed by atoms with Crippen LogP contribution in [0.3, 0.4) is 0 Å². The van der Waals surface area contributed by atoms with E-state index >= 15 is 0 Å².